The normalized spacial score (nSPS) is 20.1. The first-order valence-corrected chi connectivity index (χ1v) is 5.56. The minimum Gasteiger partial charge on any atom is -0.336 e. The zero-order valence-electron chi connectivity index (χ0n) is 9.62. The van der Waals surface area contributed by atoms with Crippen molar-refractivity contribution in [1.82, 2.24) is 9.88 Å². The molecular formula is C12H16N2O2. The average Bonchev–Trinajstić information content (AvgIpc) is 2.66. The van der Waals surface area contributed by atoms with Crippen LogP contribution in [0.4, 0.5) is 0 Å². The van der Waals surface area contributed by atoms with Crippen molar-refractivity contribution in [3.05, 3.63) is 33.7 Å². The van der Waals surface area contributed by atoms with Gasteiger partial charge in [-0.25, -0.2) is 0 Å². The van der Waals surface area contributed by atoms with E-state index < -0.39 is 0 Å². The fourth-order valence-electron chi connectivity index (χ4n) is 2.42. The van der Waals surface area contributed by atoms with Gasteiger partial charge in [-0.3, -0.25) is 9.59 Å². The highest BCUT2D eigenvalue weighted by molar-refractivity contribution is 5.74. The second-order valence-corrected chi connectivity index (χ2v) is 4.27. The van der Waals surface area contributed by atoms with Crippen LogP contribution >= 0.6 is 0 Å². The van der Waals surface area contributed by atoms with Gasteiger partial charge in [-0.15, -0.1) is 0 Å². The zero-order chi connectivity index (χ0) is 11.7. The summed E-state index contributed by atoms with van der Waals surface area (Å²) in [4.78, 5) is 27.3. The second-order valence-electron chi connectivity index (χ2n) is 4.27. The Balaban J connectivity index is 2.36. The Bertz CT molecular complexity index is 464. The van der Waals surface area contributed by atoms with E-state index in [4.69, 9.17) is 0 Å². The van der Waals surface area contributed by atoms with Gasteiger partial charge in [0.2, 0.25) is 11.5 Å². The molecule has 1 fully saturated rings. The van der Waals surface area contributed by atoms with Crippen molar-refractivity contribution in [3.63, 3.8) is 0 Å². The van der Waals surface area contributed by atoms with Gasteiger partial charge in [0.05, 0.1) is 6.04 Å². The first kappa shape index (κ1) is 10.9. The molecule has 0 saturated carbocycles. The van der Waals surface area contributed by atoms with Gasteiger partial charge in [0.1, 0.15) is 0 Å². The lowest BCUT2D eigenvalue weighted by molar-refractivity contribution is -0.129. The monoisotopic (exact) mass is 220 g/mol. The van der Waals surface area contributed by atoms with Crippen LogP contribution in [0.25, 0.3) is 0 Å². The minimum absolute atomic E-state index is 0.0892. The molecule has 0 bridgehead atoms. The van der Waals surface area contributed by atoms with Crippen LogP contribution in [-0.4, -0.2) is 22.3 Å². The summed E-state index contributed by atoms with van der Waals surface area (Å²) in [6.45, 7) is 4.30. The third kappa shape index (κ3) is 1.87. The predicted molar refractivity (Wildman–Crippen MR) is 61.2 cm³/mol. The fraction of sp³-hybridized carbons (Fsp3) is 0.500. The van der Waals surface area contributed by atoms with Crippen molar-refractivity contribution in [2.24, 2.45) is 0 Å². The second kappa shape index (κ2) is 4.12. The standard InChI is InChI=1S/C12H16N2O2/c1-8-10(5-6-12(16)13-8)11-4-3-7-14(11)9(2)15/h5-6,11H,3-4,7H2,1-2H3,(H,13,16)/t11-/m0/s1. The van der Waals surface area contributed by atoms with Gasteiger partial charge >= 0.3 is 0 Å². The largest absolute Gasteiger partial charge is 0.336 e. The molecular weight excluding hydrogens is 204 g/mol. The van der Waals surface area contributed by atoms with Crippen LogP contribution in [0.3, 0.4) is 0 Å². The number of nitrogens with one attached hydrogen (secondary N) is 1. The number of nitrogens with zero attached hydrogens (tertiary/aromatic N) is 1. The number of carbonyl (C=O) groups excluding carboxylic acids is 1. The summed E-state index contributed by atoms with van der Waals surface area (Å²) < 4.78 is 0. The summed E-state index contributed by atoms with van der Waals surface area (Å²) in [6, 6.07) is 3.49. The van der Waals surface area contributed by atoms with Gasteiger partial charge in [-0.1, -0.05) is 0 Å². The number of carbonyl (C=O) groups is 1. The number of H-pyrrole nitrogens is 1. The van der Waals surface area contributed by atoms with Crippen molar-refractivity contribution in [2.75, 3.05) is 6.54 Å². The molecule has 0 spiro atoms. The molecule has 1 aromatic heterocycles. The highest BCUT2D eigenvalue weighted by Gasteiger charge is 2.28. The van der Waals surface area contributed by atoms with E-state index in [2.05, 4.69) is 4.98 Å². The quantitative estimate of drug-likeness (QED) is 0.777. The highest BCUT2D eigenvalue weighted by Crippen LogP contribution is 2.32. The third-order valence-corrected chi connectivity index (χ3v) is 3.17. The Kier molecular flexibility index (Phi) is 2.81. The zero-order valence-corrected chi connectivity index (χ0v) is 9.62. The Hall–Kier alpha value is -1.58. The lowest BCUT2D eigenvalue weighted by atomic mass is 10.0. The maximum atomic E-state index is 11.5. The van der Waals surface area contributed by atoms with E-state index in [0.29, 0.717) is 0 Å². The lowest BCUT2D eigenvalue weighted by Crippen LogP contribution is -2.29. The molecule has 16 heavy (non-hydrogen) atoms. The van der Waals surface area contributed by atoms with E-state index >= 15 is 0 Å². The Morgan fingerprint density at radius 3 is 2.88 bits per heavy atom. The minimum atomic E-state index is -0.0892. The van der Waals surface area contributed by atoms with Crippen molar-refractivity contribution >= 4 is 5.91 Å². The molecule has 1 aromatic rings. The Morgan fingerprint density at radius 1 is 1.50 bits per heavy atom. The number of aromatic amines is 1. The van der Waals surface area contributed by atoms with Crippen molar-refractivity contribution < 1.29 is 4.79 Å². The Morgan fingerprint density at radius 2 is 2.25 bits per heavy atom. The van der Waals surface area contributed by atoms with Crippen molar-refractivity contribution in [1.29, 1.82) is 0 Å². The molecule has 1 saturated heterocycles. The molecule has 0 radical (unpaired) electrons. The number of aromatic nitrogens is 1. The molecule has 0 aromatic carbocycles. The lowest BCUT2D eigenvalue weighted by Gasteiger charge is -2.24. The average molecular weight is 220 g/mol. The van der Waals surface area contributed by atoms with Crippen LogP contribution in [0.5, 0.6) is 0 Å². The van der Waals surface area contributed by atoms with Crippen LogP contribution in [0, 0.1) is 6.92 Å². The van der Waals surface area contributed by atoms with Gasteiger partial charge in [-0.2, -0.15) is 0 Å². The number of pyridine rings is 1. The highest BCUT2D eigenvalue weighted by atomic mass is 16.2. The molecule has 4 nitrogen and oxygen atoms in total. The van der Waals surface area contributed by atoms with E-state index in [-0.39, 0.29) is 17.5 Å². The first-order valence-electron chi connectivity index (χ1n) is 5.56. The van der Waals surface area contributed by atoms with Gasteiger partial charge in [0.25, 0.3) is 0 Å². The molecule has 1 N–H and O–H groups in total. The molecule has 2 rings (SSSR count). The third-order valence-electron chi connectivity index (χ3n) is 3.17. The molecule has 1 aliphatic heterocycles. The van der Waals surface area contributed by atoms with Crippen LogP contribution in [-0.2, 0) is 4.79 Å². The van der Waals surface area contributed by atoms with Crippen LogP contribution in [0.15, 0.2) is 16.9 Å². The van der Waals surface area contributed by atoms with E-state index in [1.54, 1.807) is 6.92 Å². The smallest absolute Gasteiger partial charge is 0.248 e. The first-order chi connectivity index (χ1) is 7.59. The van der Waals surface area contributed by atoms with E-state index in [1.165, 1.54) is 6.07 Å². The summed E-state index contributed by atoms with van der Waals surface area (Å²) in [6.07, 6.45) is 2.01. The molecule has 1 amide bonds. The molecule has 4 heteroatoms. The molecule has 1 aliphatic rings. The molecule has 0 aliphatic carbocycles. The molecule has 2 heterocycles. The number of amides is 1. The predicted octanol–water partition coefficient (Wildman–Crippen LogP) is 1.37. The van der Waals surface area contributed by atoms with Gasteiger partial charge < -0.3 is 9.88 Å². The van der Waals surface area contributed by atoms with E-state index in [1.807, 2.05) is 17.9 Å². The summed E-state index contributed by atoms with van der Waals surface area (Å²) in [7, 11) is 0. The summed E-state index contributed by atoms with van der Waals surface area (Å²) >= 11 is 0. The maximum absolute atomic E-state index is 11.5. The topological polar surface area (TPSA) is 53.2 Å². The molecule has 0 unspecified atom stereocenters. The number of likely N-dealkylation sites (tertiary alicyclic amines) is 1. The van der Waals surface area contributed by atoms with Gasteiger partial charge in [0.15, 0.2) is 0 Å². The number of hydrogen-bond donors (Lipinski definition) is 1. The maximum Gasteiger partial charge on any atom is 0.248 e. The number of hydrogen-bond acceptors (Lipinski definition) is 2. The number of rotatable bonds is 1. The van der Waals surface area contributed by atoms with E-state index in [9.17, 15) is 9.59 Å². The van der Waals surface area contributed by atoms with Crippen LogP contribution in [0.2, 0.25) is 0 Å². The Labute approximate surface area is 94.3 Å². The summed E-state index contributed by atoms with van der Waals surface area (Å²) in [5, 5.41) is 0. The SMILES string of the molecule is CC(=O)N1CCC[C@H]1c1ccc(=O)[nH]c1C. The summed E-state index contributed by atoms with van der Waals surface area (Å²) in [5.41, 5.74) is 1.84. The summed E-state index contributed by atoms with van der Waals surface area (Å²) in [5.74, 6) is 0.105. The van der Waals surface area contributed by atoms with E-state index in [0.717, 1.165) is 30.6 Å². The fourth-order valence-corrected chi connectivity index (χ4v) is 2.42. The molecule has 86 valence electrons. The van der Waals surface area contributed by atoms with Crippen molar-refractivity contribution in [3.8, 4) is 0 Å². The molecule has 1 atom stereocenters. The van der Waals surface area contributed by atoms with Crippen LogP contribution < -0.4 is 5.56 Å². The van der Waals surface area contributed by atoms with Crippen LogP contribution in [0.1, 0.15) is 37.1 Å². The van der Waals surface area contributed by atoms with Gasteiger partial charge in [0, 0.05) is 25.2 Å². The van der Waals surface area contributed by atoms with Crippen molar-refractivity contribution in [2.45, 2.75) is 32.7 Å². The van der Waals surface area contributed by atoms with Gasteiger partial charge in [-0.05, 0) is 31.4 Å². The number of aryl methyl sites for hydroxylation is 1.